The molecular weight excluding hydrogens is 238 g/mol. The SMILES string of the molecule is Cc1ccc(C(=O)NCCNC(C)C(F)F)cc1. The molecule has 1 rings (SSSR count). The van der Waals surface area contributed by atoms with Crippen molar-refractivity contribution in [3.05, 3.63) is 35.4 Å². The van der Waals surface area contributed by atoms with E-state index in [1.165, 1.54) is 6.92 Å². The number of aryl methyl sites for hydroxylation is 1. The molecule has 5 heteroatoms. The standard InChI is InChI=1S/C13H18F2N2O/c1-9-3-5-11(6-4-9)13(18)17-8-7-16-10(2)12(14)15/h3-6,10,12,16H,7-8H2,1-2H3,(H,17,18). The maximum atomic E-state index is 12.2. The van der Waals surface area contributed by atoms with Crippen LogP contribution >= 0.6 is 0 Å². The van der Waals surface area contributed by atoms with Gasteiger partial charge >= 0.3 is 0 Å². The second kappa shape index (κ2) is 7.06. The average Bonchev–Trinajstić information content (AvgIpc) is 2.34. The van der Waals surface area contributed by atoms with E-state index in [1.807, 2.05) is 19.1 Å². The largest absolute Gasteiger partial charge is 0.351 e. The Balaban J connectivity index is 2.27. The highest BCUT2D eigenvalue weighted by Crippen LogP contribution is 2.02. The Morgan fingerprint density at radius 3 is 2.39 bits per heavy atom. The number of carbonyl (C=O) groups excluding carboxylic acids is 1. The summed E-state index contributed by atoms with van der Waals surface area (Å²) >= 11 is 0. The van der Waals surface area contributed by atoms with Gasteiger partial charge in [0.1, 0.15) is 0 Å². The van der Waals surface area contributed by atoms with Gasteiger partial charge in [-0.3, -0.25) is 4.79 Å². The maximum absolute atomic E-state index is 12.2. The number of benzene rings is 1. The van der Waals surface area contributed by atoms with Crippen LogP contribution < -0.4 is 10.6 Å². The highest BCUT2D eigenvalue weighted by atomic mass is 19.3. The van der Waals surface area contributed by atoms with Gasteiger partial charge in [0.25, 0.3) is 12.3 Å². The summed E-state index contributed by atoms with van der Waals surface area (Å²) in [5.41, 5.74) is 1.65. The Bertz CT molecular complexity index is 379. The zero-order chi connectivity index (χ0) is 13.5. The van der Waals surface area contributed by atoms with Crippen LogP contribution in [0.25, 0.3) is 0 Å². The van der Waals surface area contributed by atoms with E-state index in [0.717, 1.165) is 5.56 Å². The number of alkyl halides is 2. The van der Waals surface area contributed by atoms with E-state index in [1.54, 1.807) is 12.1 Å². The van der Waals surface area contributed by atoms with Crippen molar-refractivity contribution >= 4 is 5.91 Å². The van der Waals surface area contributed by atoms with Crippen molar-refractivity contribution < 1.29 is 13.6 Å². The molecule has 100 valence electrons. The molecule has 2 N–H and O–H groups in total. The number of halogens is 2. The van der Waals surface area contributed by atoms with E-state index in [-0.39, 0.29) is 5.91 Å². The summed E-state index contributed by atoms with van der Waals surface area (Å²) in [6, 6.07) is 6.32. The van der Waals surface area contributed by atoms with Crippen LogP contribution in [-0.2, 0) is 0 Å². The number of hydrogen-bond donors (Lipinski definition) is 2. The quantitative estimate of drug-likeness (QED) is 0.764. The Labute approximate surface area is 106 Å². The van der Waals surface area contributed by atoms with E-state index in [0.29, 0.717) is 18.7 Å². The number of nitrogens with one attached hydrogen (secondary N) is 2. The average molecular weight is 256 g/mol. The summed E-state index contributed by atoms with van der Waals surface area (Å²) in [5.74, 6) is -0.193. The van der Waals surface area contributed by atoms with Gasteiger partial charge < -0.3 is 10.6 Å². The monoisotopic (exact) mass is 256 g/mol. The summed E-state index contributed by atoms with van der Waals surface area (Å²) in [7, 11) is 0. The summed E-state index contributed by atoms with van der Waals surface area (Å²) in [6.45, 7) is 4.00. The van der Waals surface area contributed by atoms with Crippen LogP contribution in [0, 0.1) is 6.92 Å². The Morgan fingerprint density at radius 1 is 1.22 bits per heavy atom. The Kier molecular flexibility index (Phi) is 5.71. The summed E-state index contributed by atoms with van der Waals surface area (Å²) in [4.78, 5) is 11.6. The first-order valence-electron chi connectivity index (χ1n) is 5.87. The molecule has 0 heterocycles. The lowest BCUT2D eigenvalue weighted by Gasteiger charge is -2.12. The number of rotatable bonds is 6. The second-order valence-electron chi connectivity index (χ2n) is 4.20. The van der Waals surface area contributed by atoms with Crippen molar-refractivity contribution in [2.24, 2.45) is 0 Å². The molecule has 0 saturated carbocycles. The van der Waals surface area contributed by atoms with Gasteiger partial charge in [-0.25, -0.2) is 8.78 Å². The van der Waals surface area contributed by atoms with E-state index >= 15 is 0 Å². The van der Waals surface area contributed by atoms with Gasteiger partial charge in [0.15, 0.2) is 0 Å². The minimum atomic E-state index is -2.39. The summed E-state index contributed by atoms with van der Waals surface area (Å²) in [6.07, 6.45) is -2.39. The van der Waals surface area contributed by atoms with Gasteiger partial charge in [0.05, 0.1) is 6.04 Å². The highest BCUT2D eigenvalue weighted by molar-refractivity contribution is 5.94. The molecule has 1 aromatic rings. The molecule has 1 amide bonds. The number of amides is 1. The van der Waals surface area contributed by atoms with Crippen molar-refractivity contribution in [1.82, 2.24) is 10.6 Å². The lowest BCUT2D eigenvalue weighted by atomic mass is 10.1. The molecule has 18 heavy (non-hydrogen) atoms. The van der Waals surface area contributed by atoms with Crippen LogP contribution in [-0.4, -0.2) is 31.5 Å². The molecule has 0 spiro atoms. The second-order valence-corrected chi connectivity index (χ2v) is 4.20. The van der Waals surface area contributed by atoms with Crippen LogP contribution in [0.1, 0.15) is 22.8 Å². The molecule has 0 saturated heterocycles. The van der Waals surface area contributed by atoms with Gasteiger partial charge in [-0.1, -0.05) is 17.7 Å². The van der Waals surface area contributed by atoms with E-state index < -0.39 is 12.5 Å². The fourth-order valence-corrected chi connectivity index (χ4v) is 1.37. The lowest BCUT2D eigenvalue weighted by Crippen LogP contribution is -2.38. The van der Waals surface area contributed by atoms with Gasteiger partial charge in [0, 0.05) is 18.7 Å². The van der Waals surface area contributed by atoms with Crippen molar-refractivity contribution in [3.8, 4) is 0 Å². The van der Waals surface area contributed by atoms with Gasteiger partial charge in [0.2, 0.25) is 0 Å². The van der Waals surface area contributed by atoms with Crippen LogP contribution in [0.4, 0.5) is 8.78 Å². The van der Waals surface area contributed by atoms with Crippen LogP contribution in [0.2, 0.25) is 0 Å². The molecule has 0 bridgehead atoms. The first kappa shape index (κ1) is 14.6. The molecule has 0 fully saturated rings. The first-order valence-corrected chi connectivity index (χ1v) is 5.87. The normalized spacial score (nSPS) is 12.5. The molecule has 1 atom stereocenters. The van der Waals surface area contributed by atoms with Crippen molar-refractivity contribution in [3.63, 3.8) is 0 Å². The zero-order valence-corrected chi connectivity index (χ0v) is 10.5. The Morgan fingerprint density at radius 2 is 1.83 bits per heavy atom. The zero-order valence-electron chi connectivity index (χ0n) is 10.5. The van der Waals surface area contributed by atoms with Crippen molar-refractivity contribution in [2.75, 3.05) is 13.1 Å². The molecule has 0 radical (unpaired) electrons. The fraction of sp³-hybridized carbons (Fsp3) is 0.462. The highest BCUT2D eigenvalue weighted by Gasteiger charge is 2.12. The number of hydrogen-bond acceptors (Lipinski definition) is 2. The molecule has 3 nitrogen and oxygen atoms in total. The van der Waals surface area contributed by atoms with E-state index in [9.17, 15) is 13.6 Å². The first-order chi connectivity index (χ1) is 8.50. The van der Waals surface area contributed by atoms with Gasteiger partial charge in [-0.2, -0.15) is 0 Å². The minimum Gasteiger partial charge on any atom is -0.351 e. The Hall–Kier alpha value is -1.49. The van der Waals surface area contributed by atoms with Crippen molar-refractivity contribution in [2.45, 2.75) is 26.3 Å². The van der Waals surface area contributed by atoms with E-state index in [2.05, 4.69) is 10.6 Å². The minimum absolute atomic E-state index is 0.193. The smallest absolute Gasteiger partial charge is 0.253 e. The van der Waals surface area contributed by atoms with Crippen LogP contribution in [0.15, 0.2) is 24.3 Å². The lowest BCUT2D eigenvalue weighted by molar-refractivity contribution is 0.0946. The third-order valence-corrected chi connectivity index (χ3v) is 2.57. The van der Waals surface area contributed by atoms with Crippen LogP contribution in [0.3, 0.4) is 0 Å². The van der Waals surface area contributed by atoms with Gasteiger partial charge in [-0.05, 0) is 26.0 Å². The predicted octanol–water partition coefficient (Wildman–Crippen LogP) is 1.97. The topological polar surface area (TPSA) is 41.1 Å². The fourth-order valence-electron chi connectivity index (χ4n) is 1.37. The molecule has 0 aliphatic rings. The maximum Gasteiger partial charge on any atom is 0.253 e. The number of carbonyl (C=O) groups is 1. The molecule has 1 aromatic carbocycles. The van der Waals surface area contributed by atoms with Crippen LogP contribution in [0.5, 0.6) is 0 Å². The summed E-state index contributed by atoms with van der Waals surface area (Å²) < 4.78 is 24.3. The van der Waals surface area contributed by atoms with Crippen molar-refractivity contribution in [1.29, 1.82) is 0 Å². The molecule has 0 aliphatic carbocycles. The third-order valence-electron chi connectivity index (χ3n) is 2.57. The predicted molar refractivity (Wildman–Crippen MR) is 67.0 cm³/mol. The summed E-state index contributed by atoms with van der Waals surface area (Å²) in [5, 5.41) is 5.30. The van der Waals surface area contributed by atoms with Gasteiger partial charge in [-0.15, -0.1) is 0 Å². The molecule has 0 aromatic heterocycles. The molecular formula is C13H18F2N2O. The third kappa shape index (κ3) is 4.79. The van der Waals surface area contributed by atoms with E-state index in [4.69, 9.17) is 0 Å². The molecule has 0 aliphatic heterocycles. The molecule has 1 unspecified atom stereocenters.